The van der Waals surface area contributed by atoms with Crippen LogP contribution in [-0.2, 0) is 10.0 Å². The van der Waals surface area contributed by atoms with E-state index in [4.69, 9.17) is 5.84 Å². The first-order valence-corrected chi connectivity index (χ1v) is 8.88. The summed E-state index contributed by atoms with van der Waals surface area (Å²) in [5.74, 6) is 5.40. The molecule has 0 radical (unpaired) electrons. The van der Waals surface area contributed by atoms with Gasteiger partial charge in [-0.3, -0.25) is 5.84 Å². The molecular formula is C15H25N3O2S. The van der Waals surface area contributed by atoms with Gasteiger partial charge in [-0.2, -0.15) is 0 Å². The number of nitrogen functional groups attached to an aromatic ring is 1. The van der Waals surface area contributed by atoms with Gasteiger partial charge in [-0.25, -0.2) is 13.1 Å². The summed E-state index contributed by atoms with van der Waals surface area (Å²) in [5.41, 5.74) is 4.35. The molecule has 0 amide bonds. The number of rotatable bonds is 4. The van der Waals surface area contributed by atoms with Gasteiger partial charge >= 0.3 is 0 Å². The van der Waals surface area contributed by atoms with Crippen molar-refractivity contribution < 1.29 is 8.42 Å². The summed E-state index contributed by atoms with van der Waals surface area (Å²) in [6, 6.07) is 3.51. The number of anilines is 1. The molecule has 0 aromatic heterocycles. The number of hydrazine groups is 1. The summed E-state index contributed by atoms with van der Waals surface area (Å²) in [5, 5.41) is 0. The largest absolute Gasteiger partial charge is 0.324 e. The molecule has 0 heterocycles. The number of nitrogens with one attached hydrogen (secondary N) is 2. The predicted molar refractivity (Wildman–Crippen MR) is 85.5 cm³/mol. The normalized spacial score (nSPS) is 18.5. The van der Waals surface area contributed by atoms with Gasteiger partial charge in [0.2, 0.25) is 10.0 Å². The lowest BCUT2D eigenvalue weighted by atomic mass is 9.84. The van der Waals surface area contributed by atoms with Gasteiger partial charge in [0.15, 0.2) is 0 Å². The highest BCUT2D eigenvalue weighted by Gasteiger charge is 2.33. The Hall–Kier alpha value is -1.11. The van der Waals surface area contributed by atoms with Crippen LogP contribution in [0.2, 0.25) is 0 Å². The molecule has 118 valence electrons. The smallest absolute Gasteiger partial charge is 0.241 e. The maximum Gasteiger partial charge on any atom is 0.241 e. The average Bonchev–Trinajstić information content (AvgIpc) is 2.36. The summed E-state index contributed by atoms with van der Waals surface area (Å²) in [7, 11) is -3.52. The number of hydrogen-bond donors (Lipinski definition) is 3. The molecule has 1 saturated carbocycles. The summed E-state index contributed by atoms with van der Waals surface area (Å²) < 4.78 is 28.5. The predicted octanol–water partition coefficient (Wildman–Crippen LogP) is 2.59. The lowest BCUT2D eigenvalue weighted by molar-refractivity contribution is 0.294. The van der Waals surface area contributed by atoms with Gasteiger partial charge in [-0.1, -0.05) is 19.3 Å². The zero-order chi connectivity index (χ0) is 15.7. The van der Waals surface area contributed by atoms with Gasteiger partial charge in [0.05, 0.1) is 4.90 Å². The Bertz CT molecular complexity index is 597. The van der Waals surface area contributed by atoms with Crippen LogP contribution in [0.5, 0.6) is 0 Å². The van der Waals surface area contributed by atoms with Crippen molar-refractivity contribution in [2.45, 2.75) is 63.3 Å². The fourth-order valence-electron chi connectivity index (χ4n) is 3.27. The lowest BCUT2D eigenvalue weighted by Gasteiger charge is -2.34. The summed E-state index contributed by atoms with van der Waals surface area (Å²) in [6.07, 6.45) is 5.13. The van der Waals surface area contributed by atoms with E-state index in [1.54, 1.807) is 26.0 Å². The van der Waals surface area contributed by atoms with Gasteiger partial charge in [0.1, 0.15) is 0 Å². The maximum absolute atomic E-state index is 12.8. The van der Waals surface area contributed by atoms with Crippen LogP contribution in [0, 0.1) is 13.8 Å². The van der Waals surface area contributed by atoms with E-state index in [0.717, 1.165) is 25.7 Å². The quantitative estimate of drug-likeness (QED) is 0.589. The molecule has 0 spiro atoms. The van der Waals surface area contributed by atoms with Crippen LogP contribution in [-0.4, -0.2) is 14.0 Å². The Morgan fingerprint density at radius 2 is 1.62 bits per heavy atom. The fourth-order valence-corrected chi connectivity index (χ4v) is 5.19. The first-order chi connectivity index (χ1) is 9.77. The summed E-state index contributed by atoms with van der Waals surface area (Å²) in [4.78, 5) is 0.369. The SMILES string of the molecule is Cc1cc(NN)cc(C)c1S(=O)(=O)NC1(C)CCCCC1. The van der Waals surface area contributed by atoms with Crippen LogP contribution in [0.4, 0.5) is 5.69 Å². The van der Waals surface area contributed by atoms with E-state index in [-0.39, 0.29) is 5.54 Å². The topological polar surface area (TPSA) is 84.2 Å². The zero-order valence-electron chi connectivity index (χ0n) is 13.0. The molecule has 21 heavy (non-hydrogen) atoms. The van der Waals surface area contributed by atoms with Crippen LogP contribution in [0.3, 0.4) is 0 Å². The van der Waals surface area contributed by atoms with Gasteiger partial charge in [0, 0.05) is 11.2 Å². The van der Waals surface area contributed by atoms with E-state index in [0.29, 0.717) is 21.7 Å². The van der Waals surface area contributed by atoms with E-state index >= 15 is 0 Å². The minimum atomic E-state index is -3.52. The molecule has 1 aromatic carbocycles. The van der Waals surface area contributed by atoms with Crippen molar-refractivity contribution in [1.82, 2.24) is 4.72 Å². The molecule has 4 N–H and O–H groups in total. The summed E-state index contributed by atoms with van der Waals surface area (Å²) in [6.45, 7) is 5.60. The molecule has 6 heteroatoms. The number of aryl methyl sites for hydroxylation is 2. The van der Waals surface area contributed by atoms with Gasteiger partial charge in [-0.15, -0.1) is 0 Å². The highest BCUT2D eigenvalue weighted by molar-refractivity contribution is 7.89. The molecule has 2 rings (SSSR count). The van der Waals surface area contributed by atoms with Crippen molar-refractivity contribution in [3.05, 3.63) is 23.3 Å². The van der Waals surface area contributed by atoms with Crippen molar-refractivity contribution in [2.24, 2.45) is 5.84 Å². The summed E-state index contributed by atoms with van der Waals surface area (Å²) >= 11 is 0. The number of nitrogens with two attached hydrogens (primary N) is 1. The Labute approximate surface area is 127 Å². The first-order valence-electron chi connectivity index (χ1n) is 7.39. The van der Waals surface area contributed by atoms with Crippen molar-refractivity contribution >= 4 is 15.7 Å². The molecular weight excluding hydrogens is 286 g/mol. The van der Waals surface area contributed by atoms with Crippen molar-refractivity contribution in [1.29, 1.82) is 0 Å². The Morgan fingerprint density at radius 1 is 1.10 bits per heavy atom. The third-order valence-electron chi connectivity index (χ3n) is 4.23. The lowest BCUT2D eigenvalue weighted by Crippen LogP contribution is -2.47. The van der Waals surface area contributed by atoms with Crippen molar-refractivity contribution in [3.63, 3.8) is 0 Å². The van der Waals surface area contributed by atoms with Crippen LogP contribution < -0.4 is 16.0 Å². The van der Waals surface area contributed by atoms with E-state index < -0.39 is 10.0 Å². The molecule has 0 saturated heterocycles. The van der Waals surface area contributed by atoms with Gasteiger partial charge in [0.25, 0.3) is 0 Å². The van der Waals surface area contributed by atoms with Gasteiger partial charge < -0.3 is 5.43 Å². The van der Waals surface area contributed by atoms with E-state index in [1.807, 2.05) is 6.92 Å². The second-order valence-corrected chi connectivity index (χ2v) is 7.93. The van der Waals surface area contributed by atoms with Crippen LogP contribution >= 0.6 is 0 Å². The minimum Gasteiger partial charge on any atom is -0.324 e. The first kappa shape index (κ1) is 16.3. The van der Waals surface area contributed by atoms with E-state index in [2.05, 4.69) is 10.1 Å². The molecule has 0 atom stereocenters. The van der Waals surface area contributed by atoms with Crippen LogP contribution in [0.1, 0.15) is 50.2 Å². The third-order valence-corrected chi connectivity index (χ3v) is 6.18. The molecule has 0 aliphatic heterocycles. The highest BCUT2D eigenvalue weighted by Crippen LogP contribution is 2.31. The third kappa shape index (κ3) is 3.56. The van der Waals surface area contributed by atoms with Crippen molar-refractivity contribution in [2.75, 3.05) is 5.43 Å². The monoisotopic (exact) mass is 311 g/mol. The zero-order valence-corrected chi connectivity index (χ0v) is 13.8. The molecule has 0 bridgehead atoms. The van der Waals surface area contributed by atoms with Crippen LogP contribution in [0.25, 0.3) is 0 Å². The standard InChI is InChI=1S/C15H25N3O2S/c1-11-9-13(17-16)10-12(2)14(11)21(19,20)18-15(3)7-5-4-6-8-15/h9-10,17-18H,4-8,16H2,1-3H3. The van der Waals surface area contributed by atoms with Gasteiger partial charge in [-0.05, 0) is 56.9 Å². The van der Waals surface area contributed by atoms with E-state index in [9.17, 15) is 8.42 Å². The molecule has 1 aromatic rings. The number of sulfonamides is 1. The molecule has 0 unspecified atom stereocenters. The number of benzene rings is 1. The second kappa shape index (κ2) is 5.94. The Balaban J connectivity index is 2.36. The fraction of sp³-hybridized carbons (Fsp3) is 0.600. The second-order valence-electron chi connectivity index (χ2n) is 6.31. The minimum absolute atomic E-state index is 0.333. The average molecular weight is 311 g/mol. The molecule has 1 aliphatic rings. The van der Waals surface area contributed by atoms with E-state index in [1.165, 1.54) is 6.42 Å². The molecule has 1 aliphatic carbocycles. The Morgan fingerprint density at radius 3 is 2.10 bits per heavy atom. The highest BCUT2D eigenvalue weighted by atomic mass is 32.2. The Kier molecular flexibility index (Phi) is 4.60. The molecule has 1 fully saturated rings. The maximum atomic E-state index is 12.8. The van der Waals surface area contributed by atoms with Crippen LogP contribution in [0.15, 0.2) is 17.0 Å². The van der Waals surface area contributed by atoms with Crippen molar-refractivity contribution in [3.8, 4) is 0 Å². The number of hydrogen-bond acceptors (Lipinski definition) is 4. The molecule has 5 nitrogen and oxygen atoms in total.